The van der Waals surface area contributed by atoms with E-state index in [2.05, 4.69) is 37.4 Å². The summed E-state index contributed by atoms with van der Waals surface area (Å²) in [6.45, 7) is 4.16. The van der Waals surface area contributed by atoms with E-state index in [0.29, 0.717) is 5.75 Å². The molecule has 1 unspecified atom stereocenters. The summed E-state index contributed by atoms with van der Waals surface area (Å²) >= 11 is 0. The lowest BCUT2D eigenvalue weighted by molar-refractivity contribution is -0.122. The molecule has 2 aromatic rings. The van der Waals surface area contributed by atoms with Crippen molar-refractivity contribution in [3.63, 3.8) is 0 Å². The lowest BCUT2D eigenvalue weighted by Crippen LogP contribution is -2.24. The van der Waals surface area contributed by atoms with Gasteiger partial charge in [0.05, 0.1) is 6.04 Å². The number of carbonyl (C=O) groups is 1. The fourth-order valence-corrected chi connectivity index (χ4v) is 2.35. The van der Waals surface area contributed by atoms with E-state index in [4.69, 9.17) is 10.5 Å². The Morgan fingerprint density at radius 1 is 1.18 bits per heavy atom. The molecule has 0 fully saturated rings. The van der Waals surface area contributed by atoms with E-state index < -0.39 is 0 Å². The van der Waals surface area contributed by atoms with E-state index in [0.717, 1.165) is 11.1 Å². The first-order valence-electron chi connectivity index (χ1n) is 7.27. The van der Waals surface area contributed by atoms with Crippen LogP contribution >= 0.6 is 0 Å². The van der Waals surface area contributed by atoms with Gasteiger partial charge in [-0.05, 0) is 42.7 Å². The Morgan fingerprint density at radius 2 is 1.86 bits per heavy atom. The fraction of sp³-hybridized carbons (Fsp3) is 0.278. The van der Waals surface area contributed by atoms with Gasteiger partial charge < -0.3 is 15.8 Å². The predicted octanol–water partition coefficient (Wildman–Crippen LogP) is 2.48. The maximum atomic E-state index is 11.2. The molecule has 3 N–H and O–H groups in total. The zero-order valence-electron chi connectivity index (χ0n) is 13.2. The molecule has 0 aliphatic carbocycles. The average Bonchev–Trinajstić information content (AvgIpc) is 2.52. The van der Waals surface area contributed by atoms with Crippen LogP contribution in [0.2, 0.25) is 0 Å². The first-order chi connectivity index (χ1) is 10.5. The quantitative estimate of drug-likeness (QED) is 0.891. The van der Waals surface area contributed by atoms with Crippen LogP contribution in [-0.2, 0) is 4.79 Å². The molecule has 0 saturated carbocycles. The van der Waals surface area contributed by atoms with Crippen molar-refractivity contribution in [2.75, 3.05) is 13.7 Å². The number of amides is 1. The van der Waals surface area contributed by atoms with Crippen LogP contribution in [-0.4, -0.2) is 19.6 Å². The Bertz CT molecular complexity index is 651. The molecule has 1 atom stereocenters. The highest BCUT2D eigenvalue weighted by molar-refractivity contribution is 5.77. The molecule has 4 heteroatoms. The highest BCUT2D eigenvalue weighted by Gasteiger charge is 2.11. The van der Waals surface area contributed by atoms with Crippen molar-refractivity contribution < 1.29 is 9.53 Å². The lowest BCUT2D eigenvalue weighted by atomic mass is 9.94. The maximum absolute atomic E-state index is 11.2. The third-order valence-corrected chi connectivity index (χ3v) is 3.65. The van der Waals surface area contributed by atoms with Gasteiger partial charge in [-0.25, -0.2) is 0 Å². The highest BCUT2D eigenvalue weighted by Crippen LogP contribution is 2.25. The molecule has 0 aromatic heterocycles. The fourth-order valence-electron chi connectivity index (χ4n) is 2.35. The van der Waals surface area contributed by atoms with Crippen LogP contribution in [0.4, 0.5) is 0 Å². The van der Waals surface area contributed by atoms with Crippen molar-refractivity contribution in [2.45, 2.75) is 19.9 Å². The summed E-state index contributed by atoms with van der Waals surface area (Å²) in [4.78, 5) is 11.2. The molecule has 0 aliphatic heterocycles. The third-order valence-electron chi connectivity index (χ3n) is 3.65. The van der Waals surface area contributed by atoms with Crippen LogP contribution in [0, 0.1) is 13.8 Å². The van der Waals surface area contributed by atoms with Crippen molar-refractivity contribution in [3.05, 3.63) is 64.7 Å². The molecule has 0 aliphatic rings. The Kier molecular flexibility index (Phi) is 5.17. The van der Waals surface area contributed by atoms with Crippen molar-refractivity contribution in [2.24, 2.45) is 5.73 Å². The summed E-state index contributed by atoms with van der Waals surface area (Å²) in [6, 6.07) is 13.6. The molecular weight excluding hydrogens is 276 g/mol. The number of aryl methyl sites for hydroxylation is 2. The predicted molar refractivity (Wildman–Crippen MR) is 88.0 cm³/mol. The summed E-state index contributed by atoms with van der Waals surface area (Å²) in [6.07, 6.45) is 0. The van der Waals surface area contributed by atoms with Gasteiger partial charge in [0.25, 0.3) is 5.91 Å². The molecule has 0 saturated heterocycles. The molecule has 1 amide bonds. The summed E-state index contributed by atoms with van der Waals surface area (Å²) in [7, 11) is 1.58. The smallest absolute Gasteiger partial charge is 0.257 e. The van der Waals surface area contributed by atoms with Crippen LogP contribution in [0.1, 0.15) is 28.3 Å². The Morgan fingerprint density at radius 3 is 2.45 bits per heavy atom. The number of benzene rings is 2. The monoisotopic (exact) mass is 298 g/mol. The van der Waals surface area contributed by atoms with Gasteiger partial charge in [0.2, 0.25) is 0 Å². The van der Waals surface area contributed by atoms with Crippen molar-refractivity contribution in [3.8, 4) is 5.75 Å². The normalized spacial score (nSPS) is 11.8. The number of hydrogen-bond acceptors (Lipinski definition) is 3. The number of ether oxygens (including phenoxy) is 1. The molecule has 2 rings (SSSR count). The Hall–Kier alpha value is -2.33. The number of nitrogens with two attached hydrogens (primary N) is 1. The highest BCUT2D eigenvalue weighted by atomic mass is 16.5. The van der Waals surface area contributed by atoms with Gasteiger partial charge in [0, 0.05) is 7.05 Å². The SMILES string of the molecule is CNC(=O)COc1ccc(C(N)c2ccc(C)cc2C)cc1. The number of nitrogens with one attached hydrogen (secondary N) is 1. The van der Waals surface area contributed by atoms with Gasteiger partial charge >= 0.3 is 0 Å². The molecule has 2 aromatic carbocycles. The largest absolute Gasteiger partial charge is 0.484 e. The van der Waals surface area contributed by atoms with Crippen LogP contribution in [0.3, 0.4) is 0 Å². The van der Waals surface area contributed by atoms with Gasteiger partial charge in [-0.1, -0.05) is 35.9 Å². The van der Waals surface area contributed by atoms with Gasteiger partial charge in [-0.2, -0.15) is 0 Å². The third kappa shape index (κ3) is 3.86. The molecule has 116 valence electrons. The number of hydrogen-bond donors (Lipinski definition) is 2. The van der Waals surface area contributed by atoms with E-state index in [9.17, 15) is 4.79 Å². The van der Waals surface area contributed by atoms with Crippen LogP contribution in [0.15, 0.2) is 42.5 Å². The van der Waals surface area contributed by atoms with E-state index in [1.165, 1.54) is 11.1 Å². The van der Waals surface area contributed by atoms with Gasteiger partial charge in [-0.15, -0.1) is 0 Å². The van der Waals surface area contributed by atoms with Crippen molar-refractivity contribution in [1.29, 1.82) is 0 Å². The molecule has 22 heavy (non-hydrogen) atoms. The number of likely N-dealkylation sites (N-methyl/N-ethyl adjacent to an activating group) is 1. The zero-order chi connectivity index (χ0) is 16.1. The summed E-state index contributed by atoms with van der Waals surface area (Å²) in [5, 5.41) is 2.51. The van der Waals surface area contributed by atoms with E-state index in [-0.39, 0.29) is 18.6 Å². The molecule has 0 radical (unpaired) electrons. The minimum atomic E-state index is -0.173. The second-order valence-electron chi connectivity index (χ2n) is 5.37. The summed E-state index contributed by atoms with van der Waals surface area (Å²) in [5.41, 5.74) is 10.9. The van der Waals surface area contributed by atoms with E-state index >= 15 is 0 Å². The van der Waals surface area contributed by atoms with Gasteiger partial charge in [0.15, 0.2) is 6.61 Å². The topological polar surface area (TPSA) is 64.3 Å². The van der Waals surface area contributed by atoms with E-state index in [1.54, 1.807) is 7.05 Å². The zero-order valence-corrected chi connectivity index (χ0v) is 13.2. The van der Waals surface area contributed by atoms with Crippen LogP contribution in [0.25, 0.3) is 0 Å². The Labute approximate surface area is 131 Å². The van der Waals surface area contributed by atoms with Gasteiger partial charge in [-0.3, -0.25) is 4.79 Å². The van der Waals surface area contributed by atoms with Gasteiger partial charge in [0.1, 0.15) is 5.75 Å². The molecule has 0 spiro atoms. The average molecular weight is 298 g/mol. The molecular formula is C18H22N2O2. The second kappa shape index (κ2) is 7.09. The molecule has 4 nitrogen and oxygen atoms in total. The first kappa shape index (κ1) is 16.0. The molecule has 0 heterocycles. The first-order valence-corrected chi connectivity index (χ1v) is 7.27. The minimum Gasteiger partial charge on any atom is -0.484 e. The van der Waals surface area contributed by atoms with Crippen LogP contribution < -0.4 is 15.8 Å². The summed E-state index contributed by atoms with van der Waals surface area (Å²) < 4.78 is 5.39. The minimum absolute atomic E-state index is 0.0129. The van der Waals surface area contributed by atoms with E-state index in [1.807, 2.05) is 24.3 Å². The number of rotatable bonds is 5. The Balaban J connectivity index is 2.10. The molecule has 0 bridgehead atoms. The second-order valence-corrected chi connectivity index (χ2v) is 5.37. The maximum Gasteiger partial charge on any atom is 0.257 e. The van der Waals surface area contributed by atoms with Crippen LogP contribution in [0.5, 0.6) is 5.75 Å². The van der Waals surface area contributed by atoms with Crippen molar-refractivity contribution >= 4 is 5.91 Å². The lowest BCUT2D eigenvalue weighted by Gasteiger charge is -2.16. The standard InChI is InChI=1S/C18H22N2O2/c1-12-4-9-16(13(2)10-12)18(19)14-5-7-15(8-6-14)22-11-17(21)20-3/h4-10,18H,11,19H2,1-3H3,(H,20,21). The summed E-state index contributed by atoms with van der Waals surface area (Å²) in [5.74, 6) is 0.497. The van der Waals surface area contributed by atoms with Crippen molar-refractivity contribution in [1.82, 2.24) is 5.32 Å². The number of carbonyl (C=O) groups excluding carboxylic acids is 1.